The van der Waals surface area contributed by atoms with Crippen molar-refractivity contribution in [1.82, 2.24) is 4.90 Å². The Kier molecular flexibility index (Phi) is 3.07. The van der Waals surface area contributed by atoms with Gasteiger partial charge in [-0.2, -0.15) is 0 Å². The fourth-order valence-electron chi connectivity index (χ4n) is 2.47. The van der Waals surface area contributed by atoms with Gasteiger partial charge in [-0.15, -0.1) is 0 Å². The van der Waals surface area contributed by atoms with Gasteiger partial charge in [0, 0.05) is 6.54 Å². The van der Waals surface area contributed by atoms with E-state index in [0.717, 1.165) is 5.92 Å². The standard InChI is InChI=1S/C15H23N/c1-15(2,3)14-7-5-6-12(10-14)13-8-9-16(4)11-13/h5-7,10,13H,8-9,11H2,1-4H3. The molecule has 0 N–H and O–H groups in total. The Labute approximate surface area is 99.5 Å². The van der Waals surface area contributed by atoms with E-state index in [9.17, 15) is 0 Å². The van der Waals surface area contributed by atoms with Gasteiger partial charge in [0.15, 0.2) is 0 Å². The first-order valence-corrected chi connectivity index (χ1v) is 6.26. The molecule has 0 amide bonds. The van der Waals surface area contributed by atoms with E-state index >= 15 is 0 Å². The maximum Gasteiger partial charge on any atom is 0.00477 e. The van der Waals surface area contributed by atoms with Crippen molar-refractivity contribution in [2.24, 2.45) is 0 Å². The molecule has 1 aromatic carbocycles. The highest BCUT2D eigenvalue weighted by atomic mass is 15.1. The van der Waals surface area contributed by atoms with Crippen LogP contribution in [0.3, 0.4) is 0 Å². The summed E-state index contributed by atoms with van der Waals surface area (Å²) in [5.74, 6) is 0.743. The van der Waals surface area contributed by atoms with Gasteiger partial charge in [-0.05, 0) is 42.5 Å². The Balaban J connectivity index is 2.23. The first kappa shape index (κ1) is 11.7. The maximum atomic E-state index is 2.43. The summed E-state index contributed by atoms with van der Waals surface area (Å²) in [5.41, 5.74) is 3.25. The highest BCUT2D eigenvalue weighted by molar-refractivity contribution is 5.31. The zero-order valence-corrected chi connectivity index (χ0v) is 11.0. The first-order valence-electron chi connectivity index (χ1n) is 6.26. The molecule has 0 spiro atoms. The molecule has 1 aliphatic rings. The molecule has 2 rings (SSSR count). The van der Waals surface area contributed by atoms with Crippen LogP contribution in [0.15, 0.2) is 24.3 Å². The van der Waals surface area contributed by atoms with Crippen molar-refractivity contribution in [1.29, 1.82) is 0 Å². The Hall–Kier alpha value is -0.820. The molecular weight excluding hydrogens is 194 g/mol. The van der Waals surface area contributed by atoms with Crippen molar-refractivity contribution in [2.45, 2.75) is 38.5 Å². The molecule has 1 aliphatic heterocycles. The molecular formula is C15H23N. The molecule has 0 aliphatic carbocycles. The van der Waals surface area contributed by atoms with Gasteiger partial charge >= 0.3 is 0 Å². The molecule has 1 atom stereocenters. The number of nitrogens with zero attached hydrogens (tertiary/aromatic N) is 1. The van der Waals surface area contributed by atoms with Gasteiger partial charge < -0.3 is 4.90 Å². The van der Waals surface area contributed by atoms with E-state index in [1.807, 2.05) is 0 Å². The van der Waals surface area contributed by atoms with Crippen LogP contribution < -0.4 is 0 Å². The lowest BCUT2D eigenvalue weighted by Crippen LogP contribution is -2.14. The molecule has 1 unspecified atom stereocenters. The Bertz CT molecular complexity index is 362. The predicted octanol–water partition coefficient (Wildman–Crippen LogP) is 3.40. The summed E-state index contributed by atoms with van der Waals surface area (Å²) in [7, 11) is 2.22. The third kappa shape index (κ3) is 2.46. The van der Waals surface area contributed by atoms with Crippen LogP contribution in [-0.4, -0.2) is 25.0 Å². The fraction of sp³-hybridized carbons (Fsp3) is 0.600. The van der Waals surface area contributed by atoms with Gasteiger partial charge in [0.25, 0.3) is 0 Å². The van der Waals surface area contributed by atoms with E-state index in [-0.39, 0.29) is 5.41 Å². The minimum absolute atomic E-state index is 0.264. The Morgan fingerprint density at radius 2 is 2.00 bits per heavy atom. The molecule has 0 radical (unpaired) electrons. The lowest BCUT2D eigenvalue weighted by atomic mass is 9.84. The van der Waals surface area contributed by atoms with E-state index in [4.69, 9.17) is 0 Å². The third-order valence-corrected chi connectivity index (χ3v) is 3.62. The molecule has 1 nitrogen and oxygen atoms in total. The summed E-state index contributed by atoms with van der Waals surface area (Å²) >= 11 is 0. The minimum atomic E-state index is 0.264. The second kappa shape index (κ2) is 4.21. The van der Waals surface area contributed by atoms with Gasteiger partial charge in [-0.25, -0.2) is 0 Å². The monoisotopic (exact) mass is 217 g/mol. The van der Waals surface area contributed by atoms with E-state index in [2.05, 4.69) is 57.0 Å². The average molecular weight is 217 g/mol. The second-order valence-corrected chi connectivity index (χ2v) is 6.12. The Morgan fingerprint density at radius 3 is 2.56 bits per heavy atom. The van der Waals surface area contributed by atoms with Crippen LogP contribution in [0.4, 0.5) is 0 Å². The van der Waals surface area contributed by atoms with Crippen molar-refractivity contribution in [2.75, 3.05) is 20.1 Å². The molecule has 1 aromatic rings. The molecule has 0 saturated carbocycles. The van der Waals surface area contributed by atoms with Crippen LogP contribution in [0.5, 0.6) is 0 Å². The van der Waals surface area contributed by atoms with E-state index in [1.165, 1.54) is 30.6 Å². The van der Waals surface area contributed by atoms with Crippen molar-refractivity contribution in [3.05, 3.63) is 35.4 Å². The lowest BCUT2D eigenvalue weighted by Gasteiger charge is -2.21. The number of likely N-dealkylation sites (N-methyl/N-ethyl adjacent to an activating group) is 1. The van der Waals surface area contributed by atoms with Gasteiger partial charge in [-0.1, -0.05) is 45.0 Å². The van der Waals surface area contributed by atoms with Crippen LogP contribution in [0.1, 0.15) is 44.2 Å². The van der Waals surface area contributed by atoms with Crippen LogP contribution in [0.25, 0.3) is 0 Å². The van der Waals surface area contributed by atoms with E-state index in [1.54, 1.807) is 0 Å². The maximum absolute atomic E-state index is 2.43. The summed E-state index contributed by atoms with van der Waals surface area (Å²) in [5, 5.41) is 0. The zero-order chi connectivity index (χ0) is 11.8. The van der Waals surface area contributed by atoms with Crippen molar-refractivity contribution < 1.29 is 0 Å². The summed E-state index contributed by atoms with van der Waals surface area (Å²) in [6.07, 6.45) is 1.31. The molecule has 88 valence electrons. The van der Waals surface area contributed by atoms with Gasteiger partial charge in [0.2, 0.25) is 0 Å². The molecule has 1 heterocycles. The summed E-state index contributed by atoms with van der Waals surface area (Å²) in [6.45, 7) is 9.31. The average Bonchev–Trinajstić information content (AvgIpc) is 2.64. The number of likely N-dealkylation sites (tertiary alicyclic amines) is 1. The summed E-state index contributed by atoms with van der Waals surface area (Å²) in [4.78, 5) is 2.43. The number of rotatable bonds is 1. The summed E-state index contributed by atoms with van der Waals surface area (Å²) in [6, 6.07) is 9.17. The molecule has 1 heteroatoms. The smallest absolute Gasteiger partial charge is 0.00477 e. The lowest BCUT2D eigenvalue weighted by molar-refractivity contribution is 0.411. The van der Waals surface area contributed by atoms with Crippen LogP contribution in [0.2, 0.25) is 0 Å². The highest BCUT2D eigenvalue weighted by Gasteiger charge is 2.22. The highest BCUT2D eigenvalue weighted by Crippen LogP contribution is 2.30. The third-order valence-electron chi connectivity index (χ3n) is 3.62. The first-order chi connectivity index (χ1) is 7.47. The minimum Gasteiger partial charge on any atom is -0.306 e. The normalized spacial score (nSPS) is 22.6. The Morgan fingerprint density at radius 1 is 1.25 bits per heavy atom. The van der Waals surface area contributed by atoms with Gasteiger partial charge in [-0.3, -0.25) is 0 Å². The van der Waals surface area contributed by atoms with E-state index in [0.29, 0.717) is 0 Å². The van der Waals surface area contributed by atoms with Crippen LogP contribution in [-0.2, 0) is 5.41 Å². The number of hydrogen-bond donors (Lipinski definition) is 0. The number of hydrogen-bond acceptors (Lipinski definition) is 1. The summed E-state index contributed by atoms with van der Waals surface area (Å²) < 4.78 is 0. The quantitative estimate of drug-likeness (QED) is 0.697. The fourth-order valence-corrected chi connectivity index (χ4v) is 2.47. The SMILES string of the molecule is CN1CCC(c2cccc(C(C)(C)C)c2)C1. The molecule has 0 aromatic heterocycles. The largest absolute Gasteiger partial charge is 0.306 e. The van der Waals surface area contributed by atoms with Crippen molar-refractivity contribution in [3.63, 3.8) is 0 Å². The predicted molar refractivity (Wildman–Crippen MR) is 70.0 cm³/mol. The topological polar surface area (TPSA) is 3.24 Å². The molecule has 1 saturated heterocycles. The van der Waals surface area contributed by atoms with Gasteiger partial charge in [0.05, 0.1) is 0 Å². The molecule has 16 heavy (non-hydrogen) atoms. The van der Waals surface area contributed by atoms with Crippen molar-refractivity contribution >= 4 is 0 Å². The number of benzene rings is 1. The van der Waals surface area contributed by atoms with Crippen LogP contribution in [0, 0.1) is 0 Å². The zero-order valence-electron chi connectivity index (χ0n) is 11.0. The van der Waals surface area contributed by atoms with Crippen molar-refractivity contribution in [3.8, 4) is 0 Å². The second-order valence-electron chi connectivity index (χ2n) is 6.12. The molecule has 1 fully saturated rings. The molecule has 0 bridgehead atoms. The van der Waals surface area contributed by atoms with E-state index < -0.39 is 0 Å². The van der Waals surface area contributed by atoms with Crippen LogP contribution >= 0.6 is 0 Å². The van der Waals surface area contributed by atoms with Gasteiger partial charge in [0.1, 0.15) is 0 Å².